The Balaban J connectivity index is 3.43. The largest absolute Gasteiger partial charge is 0.469 e. The van der Waals surface area contributed by atoms with E-state index in [4.69, 9.17) is 9.79 Å². The SMILES string of the molecule is CCCCCCCCCCCC[P+](C)(C)CCCOP(=O)(O)O. The highest BCUT2D eigenvalue weighted by Crippen LogP contribution is 2.52. The van der Waals surface area contributed by atoms with Crippen LogP contribution in [0.15, 0.2) is 0 Å². The highest BCUT2D eigenvalue weighted by molar-refractivity contribution is 7.74. The van der Waals surface area contributed by atoms with Gasteiger partial charge in [0.2, 0.25) is 0 Å². The molecule has 0 amide bonds. The lowest BCUT2D eigenvalue weighted by molar-refractivity contribution is 0.197. The summed E-state index contributed by atoms with van der Waals surface area (Å²) in [7, 11) is -5.21. The van der Waals surface area contributed by atoms with Crippen LogP contribution in [0.1, 0.15) is 77.6 Å². The van der Waals surface area contributed by atoms with Gasteiger partial charge in [0, 0.05) is 27.0 Å². The summed E-state index contributed by atoms with van der Waals surface area (Å²) in [4.78, 5) is 17.3. The molecule has 0 atom stereocenters. The molecule has 0 heterocycles. The van der Waals surface area contributed by atoms with Crippen molar-refractivity contribution in [2.45, 2.75) is 77.6 Å². The third kappa shape index (κ3) is 18.7. The molecular formula is C17H39O4P2+. The van der Waals surface area contributed by atoms with Crippen molar-refractivity contribution in [2.24, 2.45) is 0 Å². The van der Waals surface area contributed by atoms with E-state index >= 15 is 0 Å². The maximum atomic E-state index is 10.6. The zero-order chi connectivity index (χ0) is 17.6. The van der Waals surface area contributed by atoms with Gasteiger partial charge in [-0.3, -0.25) is 4.52 Å². The second-order valence-corrected chi connectivity index (χ2v) is 13.2. The molecule has 6 heteroatoms. The van der Waals surface area contributed by atoms with E-state index in [0.717, 1.165) is 12.6 Å². The summed E-state index contributed by atoms with van der Waals surface area (Å²) in [5.41, 5.74) is 0. The zero-order valence-electron chi connectivity index (χ0n) is 15.5. The van der Waals surface area contributed by atoms with Crippen molar-refractivity contribution < 1.29 is 18.9 Å². The first-order valence-electron chi connectivity index (χ1n) is 9.29. The normalized spacial score (nSPS) is 12.7. The first-order valence-corrected chi connectivity index (χ1v) is 13.9. The van der Waals surface area contributed by atoms with E-state index in [2.05, 4.69) is 24.8 Å². The molecule has 0 saturated heterocycles. The molecule has 23 heavy (non-hydrogen) atoms. The quantitative estimate of drug-likeness (QED) is 0.271. The fourth-order valence-corrected chi connectivity index (χ4v) is 5.47. The third-order valence-corrected chi connectivity index (χ3v) is 7.86. The van der Waals surface area contributed by atoms with Gasteiger partial charge in [0.25, 0.3) is 0 Å². The lowest BCUT2D eigenvalue weighted by atomic mass is 10.1. The van der Waals surface area contributed by atoms with Crippen molar-refractivity contribution in [2.75, 3.05) is 32.3 Å². The van der Waals surface area contributed by atoms with Crippen LogP contribution in [0.4, 0.5) is 0 Å². The second-order valence-electron chi connectivity index (χ2n) is 7.24. The highest BCUT2D eigenvalue weighted by Gasteiger charge is 2.24. The van der Waals surface area contributed by atoms with E-state index in [9.17, 15) is 4.57 Å². The molecule has 0 radical (unpaired) electrons. The Morgan fingerprint density at radius 3 is 1.70 bits per heavy atom. The molecule has 0 aliphatic rings. The molecule has 0 bridgehead atoms. The third-order valence-electron chi connectivity index (χ3n) is 4.28. The van der Waals surface area contributed by atoms with Crippen molar-refractivity contribution in [3.05, 3.63) is 0 Å². The van der Waals surface area contributed by atoms with Gasteiger partial charge >= 0.3 is 7.82 Å². The van der Waals surface area contributed by atoms with Crippen LogP contribution in [0.2, 0.25) is 0 Å². The predicted molar refractivity (Wildman–Crippen MR) is 103 cm³/mol. The second kappa shape index (κ2) is 13.8. The van der Waals surface area contributed by atoms with E-state index in [0.29, 0.717) is 0 Å². The summed E-state index contributed by atoms with van der Waals surface area (Å²) in [5.74, 6) is 0. The van der Waals surface area contributed by atoms with Crippen molar-refractivity contribution in [1.82, 2.24) is 0 Å². The predicted octanol–water partition coefficient (Wildman–Crippen LogP) is 5.68. The Labute approximate surface area is 144 Å². The summed E-state index contributed by atoms with van der Waals surface area (Å²) >= 11 is 0. The van der Waals surface area contributed by atoms with Crippen LogP contribution < -0.4 is 0 Å². The smallest absolute Gasteiger partial charge is 0.303 e. The maximum Gasteiger partial charge on any atom is 0.469 e. The van der Waals surface area contributed by atoms with Gasteiger partial charge in [-0.15, -0.1) is 0 Å². The Hall–Kier alpha value is 0.540. The van der Waals surface area contributed by atoms with E-state index in [1.54, 1.807) is 0 Å². The summed E-state index contributed by atoms with van der Waals surface area (Å²) in [6.07, 6.45) is 16.8. The number of phosphoric acid groups is 1. The van der Waals surface area contributed by atoms with Crippen LogP contribution in [0, 0.1) is 0 Å². The zero-order valence-corrected chi connectivity index (χ0v) is 17.3. The molecule has 0 aromatic carbocycles. The van der Waals surface area contributed by atoms with Crippen LogP contribution in [0.25, 0.3) is 0 Å². The van der Waals surface area contributed by atoms with Gasteiger partial charge in [-0.1, -0.05) is 58.3 Å². The highest BCUT2D eigenvalue weighted by atomic mass is 31.2. The molecule has 0 rings (SSSR count). The van der Waals surface area contributed by atoms with Gasteiger partial charge in [0.15, 0.2) is 0 Å². The van der Waals surface area contributed by atoms with Crippen LogP contribution in [-0.4, -0.2) is 42.0 Å². The fraction of sp³-hybridized carbons (Fsp3) is 1.00. The molecule has 4 nitrogen and oxygen atoms in total. The molecule has 0 fully saturated rings. The molecule has 0 spiro atoms. The Morgan fingerprint density at radius 2 is 1.22 bits per heavy atom. The van der Waals surface area contributed by atoms with Gasteiger partial charge in [-0.25, -0.2) is 4.57 Å². The standard InChI is InChI=1S/C17H38O4P2/c1-4-5-6-7-8-9-10-11-12-13-16-22(2,3)17-14-15-21-23(18,19)20/h4-17H2,1-3H3,(H-,18,19,20)/p+1. The van der Waals surface area contributed by atoms with Gasteiger partial charge in [-0.05, 0) is 12.8 Å². The average Bonchev–Trinajstić information content (AvgIpc) is 2.45. The van der Waals surface area contributed by atoms with E-state index in [1.807, 2.05) is 0 Å². The molecule has 140 valence electrons. The molecule has 0 aliphatic carbocycles. The van der Waals surface area contributed by atoms with Gasteiger partial charge in [0.05, 0.1) is 18.9 Å². The average molecular weight is 369 g/mol. The molecular weight excluding hydrogens is 330 g/mol. The number of phosphoric ester groups is 1. The minimum Gasteiger partial charge on any atom is -0.303 e. The summed E-state index contributed by atoms with van der Waals surface area (Å²) < 4.78 is 15.1. The summed E-state index contributed by atoms with van der Waals surface area (Å²) in [5, 5.41) is 0. The Bertz CT molecular complexity index is 316. The van der Waals surface area contributed by atoms with E-state index in [1.165, 1.54) is 70.4 Å². The molecule has 0 aliphatic heterocycles. The number of hydrogen-bond donors (Lipinski definition) is 2. The number of unbranched alkanes of at least 4 members (excludes halogenated alkanes) is 9. The van der Waals surface area contributed by atoms with Gasteiger partial charge < -0.3 is 9.79 Å². The minimum absolute atomic E-state index is 0.172. The first kappa shape index (κ1) is 23.5. The van der Waals surface area contributed by atoms with Gasteiger partial charge in [0.1, 0.15) is 0 Å². The molecule has 2 N–H and O–H groups in total. The molecule has 0 saturated carbocycles. The maximum absolute atomic E-state index is 10.6. The van der Waals surface area contributed by atoms with E-state index in [-0.39, 0.29) is 6.61 Å². The first-order chi connectivity index (χ1) is 10.8. The summed E-state index contributed by atoms with van der Waals surface area (Å²) in [6, 6.07) is 0. The molecule has 0 aromatic heterocycles. The Kier molecular flexibility index (Phi) is 14.1. The van der Waals surface area contributed by atoms with Crippen LogP contribution in [0.3, 0.4) is 0 Å². The van der Waals surface area contributed by atoms with Crippen molar-refractivity contribution in [1.29, 1.82) is 0 Å². The minimum atomic E-state index is -4.28. The number of hydrogen-bond acceptors (Lipinski definition) is 2. The topological polar surface area (TPSA) is 66.8 Å². The fourth-order valence-electron chi connectivity index (χ4n) is 2.82. The molecule has 0 aromatic rings. The van der Waals surface area contributed by atoms with Crippen molar-refractivity contribution in [3.63, 3.8) is 0 Å². The van der Waals surface area contributed by atoms with Crippen LogP contribution in [-0.2, 0) is 9.09 Å². The van der Waals surface area contributed by atoms with Gasteiger partial charge in [-0.2, -0.15) is 0 Å². The monoisotopic (exact) mass is 369 g/mol. The lowest BCUT2D eigenvalue weighted by Gasteiger charge is -2.18. The van der Waals surface area contributed by atoms with Crippen LogP contribution in [0.5, 0.6) is 0 Å². The number of rotatable bonds is 16. The van der Waals surface area contributed by atoms with Crippen molar-refractivity contribution in [3.8, 4) is 0 Å². The summed E-state index contributed by atoms with van der Waals surface area (Å²) in [6.45, 7) is 7.12. The lowest BCUT2D eigenvalue weighted by Crippen LogP contribution is -2.04. The van der Waals surface area contributed by atoms with Crippen molar-refractivity contribution >= 4 is 15.1 Å². The van der Waals surface area contributed by atoms with E-state index < -0.39 is 15.1 Å². The Morgan fingerprint density at radius 1 is 0.783 bits per heavy atom. The molecule has 0 unspecified atom stereocenters. The van der Waals surface area contributed by atoms with Crippen LogP contribution >= 0.6 is 15.1 Å².